The Balaban J connectivity index is 2.10. The normalized spacial score (nSPS) is 18.4. The van der Waals surface area contributed by atoms with Gasteiger partial charge in [-0.3, -0.25) is 4.68 Å². The molecule has 1 N–H and O–H groups in total. The van der Waals surface area contributed by atoms with Gasteiger partial charge in [-0.1, -0.05) is 39.0 Å². The monoisotopic (exact) mass is 341 g/mol. The molecule has 3 nitrogen and oxygen atoms in total. The van der Waals surface area contributed by atoms with Crippen LogP contribution >= 0.6 is 15.9 Å². The lowest BCUT2D eigenvalue weighted by molar-refractivity contribution is 0.293. The Kier molecular flexibility index (Phi) is 6.56. The standard InChI is InChI=1S/C16H28BrN3/c1-3-10-18-15(11-13-8-6-5-7-9-13)16-14(17)12-19-20(16)4-2/h12-13,15,18H,3-11H2,1-2H3. The van der Waals surface area contributed by atoms with Crippen molar-refractivity contribution in [3.8, 4) is 0 Å². The summed E-state index contributed by atoms with van der Waals surface area (Å²) in [5.41, 5.74) is 1.34. The fraction of sp³-hybridized carbons (Fsp3) is 0.812. The molecule has 1 atom stereocenters. The van der Waals surface area contributed by atoms with Gasteiger partial charge in [0.2, 0.25) is 0 Å². The molecule has 0 aromatic carbocycles. The van der Waals surface area contributed by atoms with Gasteiger partial charge in [0.1, 0.15) is 0 Å². The summed E-state index contributed by atoms with van der Waals surface area (Å²) in [5.74, 6) is 0.880. The van der Waals surface area contributed by atoms with Crippen LogP contribution in [0, 0.1) is 5.92 Å². The minimum absolute atomic E-state index is 0.440. The zero-order valence-electron chi connectivity index (χ0n) is 12.9. The van der Waals surface area contributed by atoms with Crippen LogP contribution in [-0.2, 0) is 6.54 Å². The third-order valence-corrected chi connectivity index (χ3v) is 5.01. The summed E-state index contributed by atoms with van der Waals surface area (Å²) in [5, 5.41) is 8.23. The molecule has 1 aromatic heterocycles. The third-order valence-electron chi connectivity index (χ3n) is 4.40. The van der Waals surface area contributed by atoms with Crippen LogP contribution in [0.4, 0.5) is 0 Å². The highest BCUT2D eigenvalue weighted by molar-refractivity contribution is 9.10. The van der Waals surface area contributed by atoms with E-state index in [-0.39, 0.29) is 0 Å². The topological polar surface area (TPSA) is 29.9 Å². The number of aromatic nitrogens is 2. The van der Waals surface area contributed by atoms with Gasteiger partial charge >= 0.3 is 0 Å². The van der Waals surface area contributed by atoms with Crippen molar-refractivity contribution < 1.29 is 0 Å². The van der Waals surface area contributed by atoms with E-state index in [1.807, 2.05) is 6.20 Å². The van der Waals surface area contributed by atoms with Gasteiger partial charge in [-0.25, -0.2) is 0 Å². The van der Waals surface area contributed by atoms with Crippen LogP contribution in [-0.4, -0.2) is 16.3 Å². The predicted molar refractivity (Wildman–Crippen MR) is 87.8 cm³/mol. The molecule has 0 saturated heterocycles. The van der Waals surface area contributed by atoms with Gasteiger partial charge in [0, 0.05) is 6.54 Å². The van der Waals surface area contributed by atoms with E-state index in [4.69, 9.17) is 0 Å². The molecular weight excluding hydrogens is 314 g/mol. The molecule has 1 heterocycles. The number of nitrogens with one attached hydrogen (secondary N) is 1. The summed E-state index contributed by atoms with van der Waals surface area (Å²) in [6.45, 7) is 6.42. The molecular formula is C16H28BrN3. The van der Waals surface area contributed by atoms with E-state index in [9.17, 15) is 0 Å². The van der Waals surface area contributed by atoms with E-state index in [1.165, 1.54) is 50.6 Å². The highest BCUT2D eigenvalue weighted by atomic mass is 79.9. The average molecular weight is 342 g/mol. The molecule has 20 heavy (non-hydrogen) atoms. The lowest BCUT2D eigenvalue weighted by atomic mass is 9.84. The zero-order valence-corrected chi connectivity index (χ0v) is 14.5. The van der Waals surface area contributed by atoms with Crippen LogP contribution in [0.15, 0.2) is 10.7 Å². The number of rotatable bonds is 7. The van der Waals surface area contributed by atoms with Crippen molar-refractivity contribution in [2.45, 2.75) is 71.4 Å². The van der Waals surface area contributed by atoms with Crippen molar-refractivity contribution in [1.82, 2.24) is 15.1 Å². The smallest absolute Gasteiger partial charge is 0.0695 e. The first kappa shape index (κ1) is 16.0. The van der Waals surface area contributed by atoms with E-state index in [0.717, 1.165) is 23.5 Å². The van der Waals surface area contributed by atoms with E-state index >= 15 is 0 Å². The summed E-state index contributed by atoms with van der Waals surface area (Å²) in [4.78, 5) is 0. The first-order valence-corrected chi connectivity index (χ1v) is 9.00. The molecule has 0 spiro atoms. The lowest BCUT2D eigenvalue weighted by Crippen LogP contribution is -2.27. The highest BCUT2D eigenvalue weighted by Gasteiger charge is 2.24. The van der Waals surface area contributed by atoms with Gasteiger partial charge in [-0.2, -0.15) is 5.10 Å². The molecule has 1 aliphatic rings. The molecule has 1 saturated carbocycles. The quantitative estimate of drug-likeness (QED) is 0.780. The summed E-state index contributed by atoms with van der Waals surface area (Å²) < 4.78 is 3.30. The molecule has 0 aliphatic heterocycles. The molecule has 0 bridgehead atoms. The van der Waals surface area contributed by atoms with E-state index in [1.54, 1.807) is 0 Å². The molecule has 114 valence electrons. The maximum Gasteiger partial charge on any atom is 0.0695 e. The number of nitrogens with zero attached hydrogens (tertiary/aromatic N) is 2. The summed E-state index contributed by atoms with van der Waals surface area (Å²) in [6.07, 6.45) is 11.5. The van der Waals surface area contributed by atoms with E-state index in [0.29, 0.717) is 6.04 Å². The van der Waals surface area contributed by atoms with E-state index < -0.39 is 0 Å². The van der Waals surface area contributed by atoms with Gasteiger partial charge < -0.3 is 5.32 Å². The molecule has 2 rings (SSSR count). The number of aryl methyl sites for hydroxylation is 1. The van der Waals surface area contributed by atoms with Crippen molar-refractivity contribution in [3.05, 3.63) is 16.4 Å². The van der Waals surface area contributed by atoms with Crippen LogP contribution in [0.3, 0.4) is 0 Å². The fourth-order valence-corrected chi connectivity index (χ4v) is 3.91. The Bertz CT molecular complexity index is 396. The SMILES string of the molecule is CCCNC(CC1CCCCC1)c1c(Br)cnn1CC. The minimum Gasteiger partial charge on any atom is -0.309 e. The zero-order chi connectivity index (χ0) is 14.4. The van der Waals surface area contributed by atoms with Crippen LogP contribution in [0.5, 0.6) is 0 Å². The molecule has 0 amide bonds. The molecule has 0 radical (unpaired) electrons. The Morgan fingerprint density at radius 3 is 2.75 bits per heavy atom. The Hall–Kier alpha value is -0.350. The van der Waals surface area contributed by atoms with Crippen LogP contribution in [0.1, 0.15) is 70.5 Å². The van der Waals surface area contributed by atoms with Crippen molar-refractivity contribution in [3.63, 3.8) is 0 Å². The molecule has 1 fully saturated rings. The summed E-state index contributed by atoms with van der Waals surface area (Å²) in [7, 11) is 0. The van der Waals surface area contributed by atoms with Gasteiger partial charge in [0.15, 0.2) is 0 Å². The van der Waals surface area contributed by atoms with Gasteiger partial charge in [-0.15, -0.1) is 0 Å². The highest BCUT2D eigenvalue weighted by Crippen LogP contribution is 2.34. The van der Waals surface area contributed by atoms with Gasteiger partial charge in [-0.05, 0) is 48.2 Å². The summed E-state index contributed by atoms with van der Waals surface area (Å²) >= 11 is 3.69. The maximum absolute atomic E-state index is 4.49. The van der Waals surface area contributed by atoms with Crippen molar-refractivity contribution in [2.24, 2.45) is 5.92 Å². The van der Waals surface area contributed by atoms with Crippen molar-refractivity contribution in [2.75, 3.05) is 6.54 Å². The first-order chi connectivity index (χ1) is 9.76. The van der Waals surface area contributed by atoms with Crippen molar-refractivity contribution >= 4 is 15.9 Å². The van der Waals surface area contributed by atoms with Crippen LogP contribution in [0.25, 0.3) is 0 Å². The Morgan fingerprint density at radius 1 is 1.35 bits per heavy atom. The fourth-order valence-electron chi connectivity index (χ4n) is 3.34. The average Bonchev–Trinajstić information content (AvgIpc) is 2.85. The summed E-state index contributed by atoms with van der Waals surface area (Å²) in [6, 6.07) is 0.440. The third kappa shape index (κ3) is 4.08. The van der Waals surface area contributed by atoms with Crippen molar-refractivity contribution in [1.29, 1.82) is 0 Å². The number of hydrogen-bond donors (Lipinski definition) is 1. The lowest BCUT2D eigenvalue weighted by Gasteiger charge is -2.28. The molecule has 4 heteroatoms. The van der Waals surface area contributed by atoms with Gasteiger partial charge in [0.25, 0.3) is 0 Å². The number of halogens is 1. The first-order valence-electron chi connectivity index (χ1n) is 8.20. The Morgan fingerprint density at radius 2 is 2.10 bits per heavy atom. The maximum atomic E-state index is 4.49. The second-order valence-electron chi connectivity index (χ2n) is 5.94. The Labute approximate surface area is 131 Å². The largest absolute Gasteiger partial charge is 0.309 e. The minimum atomic E-state index is 0.440. The second-order valence-corrected chi connectivity index (χ2v) is 6.79. The van der Waals surface area contributed by atoms with Crippen LogP contribution < -0.4 is 5.32 Å². The number of hydrogen-bond acceptors (Lipinski definition) is 2. The second kappa shape index (κ2) is 8.18. The molecule has 1 aromatic rings. The molecule has 1 aliphatic carbocycles. The van der Waals surface area contributed by atoms with E-state index in [2.05, 4.69) is 44.9 Å². The molecule has 1 unspecified atom stereocenters. The predicted octanol–water partition coefficient (Wildman–Crippen LogP) is 4.68. The van der Waals surface area contributed by atoms with Gasteiger partial charge in [0.05, 0.1) is 22.4 Å². The van der Waals surface area contributed by atoms with Crippen LogP contribution in [0.2, 0.25) is 0 Å².